The van der Waals surface area contributed by atoms with E-state index in [1.165, 1.54) is 30.4 Å². The normalized spacial score (nSPS) is 14.2. The lowest BCUT2D eigenvalue weighted by Gasteiger charge is -2.16. The predicted molar refractivity (Wildman–Crippen MR) is 68.0 cm³/mol. The highest BCUT2D eigenvalue weighted by Gasteiger charge is 2.11. The standard InChI is InChI=1S/C15H20O2/c1-2-9-17-15(16)11-12-7-8-13-5-3-4-6-14(13)10-12/h7-8,10H,2-6,9,11H2,1H3. The number of esters is 1. The molecule has 0 fully saturated rings. The van der Waals surface area contributed by atoms with Crippen molar-refractivity contribution in [3.63, 3.8) is 0 Å². The lowest BCUT2D eigenvalue weighted by atomic mass is 9.90. The molecule has 0 heterocycles. The van der Waals surface area contributed by atoms with E-state index in [1.807, 2.05) is 6.92 Å². The van der Waals surface area contributed by atoms with Crippen LogP contribution in [0.5, 0.6) is 0 Å². The van der Waals surface area contributed by atoms with Crippen LogP contribution in [-0.4, -0.2) is 12.6 Å². The zero-order chi connectivity index (χ0) is 12.1. The quantitative estimate of drug-likeness (QED) is 0.746. The molecule has 0 saturated carbocycles. The summed E-state index contributed by atoms with van der Waals surface area (Å²) in [5.74, 6) is -0.109. The summed E-state index contributed by atoms with van der Waals surface area (Å²) in [6.07, 6.45) is 6.22. The monoisotopic (exact) mass is 232 g/mol. The van der Waals surface area contributed by atoms with E-state index in [0.717, 1.165) is 18.4 Å². The van der Waals surface area contributed by atoms with Crippen LogP contribution in [-0.2, 0) is 28.8 Å². The molecule has 2 heteroatoms. The number of rotatable bonds is 4. The molecule has 1 aromatic carbocycles. The second-order valence-electron chi connectivity index (χ2n) is 4.71. The van der Waals surface area contributed by atoms with E-state index in [4.69, 9.17) is 4.74 Å². The van der Waals surface area contributed by atoms with Crippen LogP contribution < -0.4 is 0 Å². The summed E-state index contributed by atoms with van der Waals surface area (Å²) in [7, 11) is 0. The first kappa shape index (κ1) is 12.2. The van der Waals surface area contributed by atoms with Crippen molar-refractivity contribution >= 4 is 5.97 Å². The van der Waals surface area contributed by atoms with Gasteiger partial charge in [-0.3, -0.25) is 4.79 Å². The van der Waals surface area contributed by atoms with Crippen molar-refractivity contribution in [2.45, 2.75) is 45.4 Å². The van der Waals surface area contributed by atoms with Gasteiger partial charge in [0.05, 0.1) is 13.0 Å². The highest BCUT2D eigenvalue weighted by Crippen LogP contribution is 2.22. The Kier molecular flexibility index (Phi) is 4.18. The smallest absolute Gasteiger partial charge is 0.310 e. The topological polar surface area (TPSA) is 26.3 Å². The van der Waals surface area contributed by atoms with Crippen molar-refractivity contribution in [2.24, 2.45) is 0 Å². The maximum Gasteiger partial charge on any atom is 0.310 e. The number of hydrogen-bond donors (Lipinski definition) is 0. The molecule has 0 bridgehead atoms. The Bertz CT molecular complexity index is 396. The molecular weight excluding hydrogens is 212 g/mol. The summed E-state index contributed by atoms with van der Waals surface area (Å²) in [5, 5.41) is 0. The molecule has 17 heavy (non-hydrogen) atoms. The minimum atomic E-state index is -0.109. The van der Waals surface area contributed by atoms with E-state index in [2.05, 4.69) is 18.2 Å². The molecule has 1 aromatic rings. The summed E-state index contributed by atoms with van der Waals surface area (Å²) < 4.78 is 5.10. The zero-order valence-electron chi connectivity index (χ0n) is 10.5. The molecule has 1 aliphatic carbocycles. The van der Waals surface area contributed by atoms with Gasteiger partial charge in [-0.25, -0.2) is 0 Å². The number of benzene rings is 1. The lowest BCUT2D eigenvalue weighted by molar-refractivity contribution is -0.142. The second-order valence-corrected chi connectivity index (χ2v) is 4.71. The van der Waals surface area contributed by atoms with Gasteiger partial charge in [0, 0.05) is 0 Å². The number of hydrogen-bond acceptors (Lipinski definition) is 2. The largest absolute Gasteiger partial charge is 0.465 e. The average Bonchev–Trinajstić information content (AvgIpc) is 2.36. The van der Waals surface area contributed by atoms with Crippen molar-refractivity contribution in [3.8, 4) is 0 Å². The van der Waals surface area contributed by atoms with Gasteiger partial charge in [0.2, 0.25) is 0 Å². The number of fused-ring (bicyclic) bond motifs is 1. The fraction of sp³-hybridized carbons (Fsp3) is 0.533. The summed E-state index contributed by atoms with van der Waals surface area (Å²) in [4.78, 5) is 11.5. The Morgan fingerprint density at radius 2 is 2.00 bits per heavy atom. The first-order valence-electron chi connectivity index (χ1n) is 6.56. The molecule has 2 nitrogen and oxygen atoms in total. The van der Waals surface area contributed by atoms with Gasteiger partial charge in [-0.2, -0.15) is 0 Å². The van der Waals surface area contributed by atoms with Crippen LogP contribution >= 0.6 is 0 Å². The van der Waals surface area contributed by atoms with Gasteiger partial charge in [-0.05, 0) is 48.8 Å². The van der Waals surface area contributed by atoms with Gasteiger partial charge in [-0.15, -0.1) is 0 Å². The third-order valence-corrected chi connectivity index (χ3v) is 3.23. The SMILES string of the molecule is CCCOC(=O)Cc1ccc2c(c1)CCCC2. The molecule has 0 aliphatic heterocycles. The van der Waals surface area contributed by atoms with Crippen LogP contribution in [0.4, 0.5) is 0 Å². The van der Waals surface area contributed by atoms with Gasteiger partial charge < -0.3 is 4.74 Å². The number of aryl methyl sites for hydroxylation is 2. The minimum absolute atomic E-state index is 0.109. The minimum Gasteiger partial charge on any atom is -0.465 e. The molecule has 0 radical (unpaired) electrons. The Morgan fingerprint density at radius 1 is 1.24 bits per heavy atom. The van der Waals surface area contributed by atoms with Crippen molar-refractivity contribution in [2.75, 3.05) is 6.61 Å². The highest BCUT2D eigenvalue weighted by molar-refractivity contribution is 5.72. The molecular formula is C15H20O2. The van der Waals surface area contributed by atoms with Crippen molar-refractivity contribution in [3.05, 3.63) is 34.9 Å². The van der Waals surface area contributed by atoms with E-state index in [0.29, 0.717) is 13.0 Å². The molecule has 1 aliphatic rings. The van der Waals surface area contributed by atoms with Crippen molar-refractivity contribution in [1.82, 2.24) is 0 Å². The average molecular weight is 232 g/mol. The predicted octanol–water partition coefficient (Wildman–Crippen LogP) is 3.06. The number of ether oxygens (including phenoxy) is 1. The first-order valence-corrected chi connectivity index (χ1v) is 6.56. The fourth-order valence-electron chi connectivity index (χ4n) is 2.33. The molecule has 0 aromatic heterocycles. The molecule has 2 rings (SSSR count). The summed E-state index contributed by atoms with van der Waals surface area (Å²) in [5.41, 5.74) is 3.98. The third kappa shape index (κ3) is 3.32. The van der Waals surface area contributed by atoms with Gasteiger partial charge in [0.1, 0.15) is 0 Å². The third-order valence-electron chi connectivity index (χ3n) is 3.23. The maximum atomic E-state index is 11.5. The van der Waals surface area contributed by atoms with Crippen LogP contribution in [0.1, 0.15) is 42.9 Å². The summed E-state index contributed by atoms with van der Waals surface area (Å²) in [6.45, 7) is 2.54. The van der Waals surface area contributed by atoms with Gasteiger partial charge in [-0.1, -0.05) is 25.1 Å². The van der Waals surface area contributed by atoms with Crippen molar-refractivity contribution < 1.29 is 9.53 Å². The molecule has 0 amide bonds. The van der Waals surface area contributed by atoms with Gasteiger partial charge >= 0.3 is 5.97 Å². The number of carbonyl (C=O) groups is 1. The molecule has 0 N–H and O–H groups in total. The summed E-state index contributed by atoms with van der Waals surface area (Å²) in [6, 6.07) is 6.43. The van der Waals surface area contributed by atoms with Gasteiger partial charge in [0.15, 0.2) is 0 Å². The van der Waals surface area contributed by atoms with Crippen LogP contribution in [0.2, 0.25) is 0 Å². The molecule has 0 atom stereocenters. The van der Waals surface area contributed by atoms with Crippen LogP contribution in [0, 0.1) is 0 Å². The van der Waals surface area contributed by atoms with E-state index in [9.17, 15) is 4.79 Å². The Hall–Kier alpha value is -1.31. The Labute approximate surface area is 103 Å². The Balaban J connectivity index is 1.99. The van der Waals surface area contributed by atoms with Crippen LogP contribution in [0.25, 0.3) is 0 Å². The molecule has 0 saturated heterocycles. The van der Waals surface area contributed by atoms with Crippen LogP contribution in [0.15, 0.2) is 18.2 Å². The first-order chi connectivity index (χ1) is 8.29. The van der Waals surface area contributed by atoms with Gasteiger partial charge in [0.25, 0.3) is 0 Å². The van der Waals surface area contributed by atoms with E-state index in [1.54, 1.807) is 0 Å². The molecule has 0 unspecified atom stereocenters. The molecule has 92 valence electrons. The van der Waals surface area contributed by atoms with Crippen molar-refractivity contribution in [1.29, 1.82) is 0 Å². The zero-order valence-corrected chi connectivity index (χ0v) is 10.5. The van der Waals surface area contributed by atoms with E-state index >= 15 is 0 Å². The second kappa shape index (κ2) is 5.85. The fourth-order valence-corrected chi connectivity index (χ4v) is 2.33. The van der Waals surface area contributed by atoms with E-state index < -0.39 is 0 Å². The van der Waals surface area contributed by atoms with Crippen LogP contribution in [0.3, 0.4) is 0 Å². The summed E-state index contributed by atoms with van der Waals surface area (Å²) >= 11 is 0. The highest BCUT2D eigenvalue weighted by atomic mass is 16.5. The maximum absolute atomic E-state index is 11.5. The Morgan fingerprint density at radius 3 is 2.76 bits per heavy atom. The number of carbonyl (C=O) groups excluding carboxylic acids is 1. The lowest BCUT2D eigenvalue weighted by Crippen LogP contribution is -2.10. The van der Waals surface area contributed by atoms with E-state index in [-0.39, 0.29) is 5.97 Å². The molecule has 0 spiro atoms.